The fourth-order valence-corrected chi connectivity index (χ4v) is 1.87. The molecule has 90 valence electrons. The number of nitrogens with one attached hydrogen (secondary N) is 1. The van der Waals surface area contributed by atoms with Crippen LogP contribution in [0.4, 0.5) is 0 Å². The summed E-state index contributed by atoms with van der Waals surface area (Å²) >= 11 is 0. The van der Waals surface area contributed by atoms with Crippen molar-refractivity contribution in [2.24, 2.45) is 0 Å². The van der Waals surface area contributed by atoms with Gasteiger partial charge in [-0.3, -0.25) is 9.36 Å². The van der Waals surface area contributed by atoms with E-state index in [1.165, 1.54) is 0 Å². The average Bonchev–Trinajstić information content (AvgIpc) is 2.08. The van der Waals surface area contributed by atoms with Gasteiger partial charge in [0.15, 0.2) is 0 Å². The SMILES string of the molecule is CNC(CCCCCP(=O)(O)O)C(=O)O. The molecule has 7 heteroatoms. The first-order valence-corrected chi connectivity index (χ1v) is 6.61. The predicted molar refractivity (Wildman–Crippen MR) is 55.9 cm³/mol. The lowest BCUT2D eigenvalue weighted by Crippen LogP contribution is -2.33. The normalized spacial score (nSPS) is 13.8. The topological polar surface area (TPSA) is 107 Å². The van der Waals surface area contributed by atoms with Crippen molar-refractivity contribution in [2.75, 3.05) is 13.2 Å². The van der Waals surface area contributed by atoms with Gasteiger partial charge in [0.1, 0.15) is 6.04 Å². The van der Waals surface area contributed by atoms with Crippen LogP contribution in [-0.2, 0) is 9.36 Å². The second-order valence-corrected chi connectivity index (χ2v) is 5.19. The summed E-state index contributed by atoms with van der Waals surface area (Å²) < 4.78 is 10.5. The van der Waals surface area contributed by atoms with E-state index < -0.39 is 19.6 Å². The van der Waals surface area contributed by atoms with Crippen LogP contribution in [0.2, 0.25) is 0 Å². The highest BCUT2D eigenvalue weighted by Crippen LogP contribution is 2.35. The van der Waals surface area contributed by atoms with Gasteiger partial charge in [0.05, 0.1) is 0 Å². The molecule has 0 aliphatic heterocycles. The average molecular weight is 239 g/mol. The number of carbonyl (C=O) groups is 1. The van der Waals surface area contributed by atoms with Crippen LogP contribution in [-0.4, -0.2) is 40.1 Å². The quantitative estimate of drug-likeness (QED) is 0.361. The Hall–Kier alpha value is -0.420. The summed E-state index contributed by atoms with van der Waals surface area (Å²) in [5.41, 5.74) is 0. The van der Waals surface area contributed by atoms with Crippen molar-refractivity contribution >= 4 is 13.6 Å². The Morgan fingerprint density at radius 3 is 2.33 bits per heavy atom. The number of carboxylic acid groups (broad SMARTS) is 1. The number of likely N-dealkylation sites (N-methyl/N-ethyl adjacent to an activating group) is 1. The molecule has 0 saturated heterocycles. The van der Waals surface area contributed by atoms with Gasteiger partial charge in [-0.2, -0.15) is 0 Å². The molecule has 4 N–H and O–H groups in total. The molecule has 6 nitrogen and oxygen atoms in total. The van der Waals surface area contributed by atoms with Gasteiger partial charge in [-0.05, 0) is 19.9 Å². The molecule has 0 rings (SSSR count). The van der Waals surface area contributed by atoms with Crippen molar-refractivity contribution in [2.45, 2.75) is 31.7 Å². The molecular formula is C8H18NO5P. The minimum atomic E-state index is -3.89. The molecule has 0 aromatic carbocycles. The maximum atomic E-state index is 10.6. The number of rotatable bonds is 8. The molecule has 0 spiro atoms. The van der Waals surface area contributed by atoms with Crippen molar-refractivity contribution < 1.29 is 24.3 Å². The van der Waals surface area contributed by atoms with E-state index in [1.807, 2.05) is 0 Å². The van der Waals surface area contributed by atoms with Crippen LogP contribution in [0.5, 0.6) is 0 Å². The maximum Gasteiger partial charge on any atom is 0.325 e. The first kappa shape index (κ1) is 14.6. The predicted octanol–water partition coefficient (Wildman–Crippen LogP) is 0.397. The Labute approximate surface area is 88.9 Å². The highest BCUT2D eigenvalue weighted by Gasteiger charge is 2.15. The first-order valence-electron chi connectivity index (χ1n) is 4.81. The molecule has 0 aliphatic carbocycles. The maximum absolute atomic E-state index is 10.6. The molecule has 15 heavy (non-hydrogen) atoms. The van der Waals surface area contributed by atoms with E-state index in [2.05, 4.69) is 5.32 Å². The Balaban J connectivity index is 3.54. The Morgan fingerprint density at radius 1 is 1.33 bits per heavy atom. The molecule has 0 aromatic heterocycles. The molecule has 0 bridgehead atoms. The van der Waals surface area contributed by atoms with Crippen molar-refractivity contribution in [3.8, 4) is 0 Å². The van der Waals surface area contributed by atoms with Crippen LogP contribution in [0.25, 0.3) is 0 Å². The standard InChI is InChI=1S/C8H18NO5P/c1-9-7(8(10)11)5-3-2-4-6-15(12,13)14/h7,9H,2-6H2,1H3,(H,10,11)(H2,12,13,14). The zero-order valence-corrected chi connectivity index (χ0v) is 9.61. The first-order chi connectivity index (χ1) is 6.87. The van der Waals surface area contributed by atoms with Crippen molar-refractivity contribution in [3.05, 3.63) is 0 Å². The van der Waals surface area contributed by atoms with Gasteiger partial charge in [0.25, 0.3) is 0 Å². The van der Waals surface area contributed by atoms with Crippen LogP contribution >= 0.6 is 7.60 Å². The number of aliphatic carboxylic acids is 1. The van der Waals surface area contributed by atoms with E-state index in [-0.39, 0.29) is 6.16 Å². The number of hydrogen-bond donors (Lipinski definition) is 4. The van der Waals surface area contributed by atoms with E-state index in [1.54, 1.807) is 7.05 Å². The number of hydrogen-bond acceptors (Lipinski definition) is 3. The molecule has 0 fully saturated rings. The third kappa shape index (κ3) is 8.57. The summed E-state index contributed by atoms with van der Waals surface area (Å²) in [6.45, 7) is 0. The van der Waals surface area contributed by atoms with E-state index >= 15 is 0 Å². The summed E-state index contributed by atoms with van der Waals surface area (Å²) in [5, 5.41) is 11.3. The van der Waals surface area contributed by atoms with Crippen LogP contribution < -0.4 is 5.32 Å². The van der Waals surface area contributed by atoms with Gasteiger partial charge in [-0.1, -0.05) is 12.8 Å². The monoisotopic (exact) mass is 239 g/mol. The van der Waals surface area contributed by atoms with E-state index in [4.69, 9.17) is 14.9 Å². The minimum Gasteiger partial charge on any atom is -0.480 e. The Morgan fingerprint density at radius 2 is 1.93 bits per heavy atom. The fourth-order valence-electron chi connectivity index (χ4n) is 1.23. The largest absolute Gasteiger partial charge is 0.480 e. The Bertz CT molecular complexity index is 239. The van der Waals surface area contributed by atoms with Gasteiger partial charge in [0, 0.05) is 6.16 Å². The van der Waals surface area contributed by atoms with Crippen molar-refractivity contribution in [3.63, 3.8) is 0 Å². The van der Waals surface area contributed by atoms with Gasteiger partial charge in [0.2, 0.25) is 0 Å². The van der Waals surface area contributed by atoms with E-state index in [9.17, 15) is 9.36 Å². The highest BCUT2D eigenvalue weighted by atomic mass is 31.2. The van der Waals surface area contributed by atoms with Gasteiger partial charge in [-0.25, -0.2) is 0 Å². The van der Waals surface area contributed by atoms with E-state index in [0.29, 0.717) is 25.7 Å². The molecule has 0 aromatic rings. The summed E-state index contributed by atoms with van der Waals surface area (Å²) in [6, 6.07) is -0.569. The molecular weight excluding hydrogens is 221 g/mol. The summed E-state index contributed by atoms with van der Waals surface area (Å²) in [6.07, 6.45) is 2.08. The van der Waals surface area contributed by atoms with Crippen LogP contribution in [0.3, 0.4) is 0 Å². The van der Waals surface area contributed by atoms with E-state index in [0.717, 1.165) is 0 Å². The zero-order valence-electron chi connectivity index (χ0n) is 8.72. The van der Waals surface area contributed by atoms with Gasteiger partial charge < -0.3 is 20.2 Å². The number of unbranched alkanes of at least 4 members (excludes halogenated alkanes) is 2. The molecule has 0 amide bonds. The summed E-state index contributed by atoms with van der Waals surface area (Å²) in [4.78, 5) is 27.7. The summed E-state index contributed by atoms with van der Waals surface area (Å²) in [5.74, 6) is -0.896. The lowest BCUT2D eigenvalue weighted by molar-refractivity contribution is -0.139. The molecule has 1 atom stereocenters. The third-order valence-electron chi connectivity index (χ3n) is 2.09. The second kappa shape index (κ2) is 6.95. The fraction of sp³-hybridized carbons (Fsp3) is 0.875. The van der Waals surface area contributed by atoms with Crippen LogP contribution in [0, 0.1) is 0 Å². The van der Waals surface area contributed by atoms with Crippen molar-refractivity contribution in [1.82, 2.24) is 5.32 Å². The van der Waals surface area contributed by atoms with Crippen molar-refractivity contribution in [1.29, 1.82) is 0 Å². The molecule has 0 heterocycles. The molecule has 0 radical (unpaired) electrons. The number of carboxylic acids is 1. The highest BCUT2D eigenvalue weighted by molar-refractivity contribution is 7.51. The smallest absolute Gasteiger partial charge is 0.325 e. The van der Waals surface area contributed by atoms with Gasteiger partial charge in [-0.15, -0.1) is 0 Å². The molecule has 1 unspecified atom stereocenters. The second-order valence-electron chi connectivity index (χ2n) is 3.42. The Kier molecular flexibility index (Phi) is 6.76. The zero-order chi connectivity index (χ0) is 11.9. The third-order valence-corrected chi connectivity index (χ3v) is 2.99. The van der Waals surface area contributed by atoms with Crippen LogP contribution in [0.15, 0.2) is 0 Å². The van der Waals surface area contributed by atoms with Crippen LogP contribution in [0.1, 0.15) is 25.7 Å². The van der Waals surface area contributed by atoms with Gasteiger partial charge >= 0.3 is 13.6 Å². The molecule has 0 saturated carbocycles. The lowest BCUT2D eigenvalue weighted by Gasteiger charge is -2.10. The minimum absolute atomic E-state index is 0.121. The molecule has 0 aliphatic rings. The summed E-state index contributed by atoms with van der Waals surface area (Å²) in [7, 11) is -2.31. The lowest BCUT2D eigenvalue weighted by atomic mass is 10.1.